The van der Waals surface area contributed by atoms with E-state index in [2.05, 4.69) is 43.2 Å². The molecule has 1 N–H and O–H groups in total. The van der Waals surface area contributed by atoms with Crippen molar-refractivity contribution < 1.29 is 4.74 Å². The molecular weight excluding hydrogens is 248 g/mol. The molecule has 0 aliphatic rings. The highest BCUT2D eigenvalue weighted by Gasteiger charge is 2.04. The van der Waals surface area contributed by atoms with Gasteiger partial charge in [0.2, 0.25) is 0 Å². The number of rotatable bonds is 11. The molecule has 1 unspecified atom stereocenters. The van der Waals surface area contributed by atoms with Crippen molar-refractivity contribution in [1.29, 1.82) is 0 Å². The number of pyridine rings is 1. The van der Waals surface area contributed by atoms with E-state index in [0.29, 0.717) is 12.7 Å². The molecule has 114 valence electrons. The van der Waals surface area contributed by atoms with E-state index < -0.39 is 0 Å². The lowest BCUT2D eigenvalue weighted by molar-refractivity contribution is 0.0439. The molecule has 1 atom stereocenters. The lowest BCUT2D eigenvalue weighted by atomic mass is 10.1. The Bertz CT molecular complexity index is 355. The third-order valence-electron chi connectivity index (χ3n) is 3.40. The molecule has 1 aromatic rings. The molecule has 0 fully saturated rings. The van der Waals surface area contributed by atoms with Crippen molar-refractivity contribution in [3.63, 3.8) is 0 Å². The topological polar surface area (TPSA) is 34.1 Å². The van der Waals surface area contributed by atoms with Crippen LogP contribution in [0.4, 0.5) is 0 Å². The monoisotopic (exact) mass is 278 g/mol. The number of nitrogens with zero attached hydrogens (tertiary/aromatic N) is 1. The molecule has 0 amide bonds. The zero-order valence-electron chi connectivity index (χ0n) is 13.3. The largest absolute Gasteiger partial charge is 0.372 e. The van der Waals surface area contributed by atoms with E-state index in [1.807, 2.05) is 6.07 Å². The van der Waals surface area contributed by atoms with Crippen molar-refractivity contribution >= 4 is 0 Å². The third kappa shape index (κ3) is 7.61. The second kappa shape index (κ2) is 10.8. The van der Waals surface area contributed by atoms with Gasteiger partial charge in [0.05, 0.1) is 24.1 Å². The van der Waals surface area contributed by atoms with Gasteiger partial charge in [-0.15, -0.1) is 0 Å². The summed E-state index contributed by atoms with van der Waals surface area (Å²) in [6, 6.07) is 6.16. The standard InChI is InChI=1S/C17H30N2O/c1-4-6-7-8-10-15(3)20-14-17-12-9-11-16(19-17)13-18-5-2/h9,11-12,15,18H,4-8,10,13-14H2,1-3H3. The molecule has 1 rings (SSSR count). The molecule has 0 saturated heterocycles. The Kier molecular flexibility index (Phi) is 9.25. The first-order chi connectivity index (χ1) is 9.76. The van der Waals surface area contributed by atoms with Gasteiger partial charge >= 0.3 is 0 Å². The van der Waals surface area contributed by atoms with Crippen LogP contribution in [0.25, 0.3) is 0 Å². The molecule has 0 radical (unpaired) electrons. The van der Waals surface area contributed by atoms with Crippen LogP contribution in [0.1, 0.15) is 64.3 Å². The Balaban J connectivity index is 2.26. The number of ether oxygens (including phenoxy) is 1. The van der Waals surface area contributed by atoms with Gasteiger partial charge in [0.25, 0.3) is 0 Å². The maximum absolute atomic E-state index is 5.88. The maximum Gasteiger partial charge on any atom is 0.0891 e. The van der Waals surface area contributed by atoms with Crippen molar-refractivity contribution in [2.24, 2.45) is 0 Å². The Morgan fingerprint density at radius 2 is 1.95 bits per heavy atom. The molecular formula is C17H30N2O. The van der Waals surface area contributed by atoms with Crippen LogP contribution in [0, 0.1) is 0 Å². The average molecular weight is 278 g/mol. The fourth-order valence-corrected chi connectivity index (χ4v) is 2.13. The van der Waals surface area contributed by atoms with Crippen LogP contribution in [-0.4, -0.2) is 17.6 Å². The SMILES string of the molecule is CCCCCCC(C)OCc1cccc(CNCC)n1. The van der Waals surface area contributed by atoms with Gasteiger partial charge in [-0.2, -0.15) is 0 Å². The second-order valence-electron chi connectivity index (χ2n) is 5.37. The molecule has 0 bridgehead atoms. The molecule has 0 aromatic carbocycles. The molecule has 0 spiro atoms. The lowest BCUT2D eigenvalue weighted by Gasteiger charge is -2.13. The van der Waals surface area contributed by atoms with Gasteiger partial charge in [-0.3, -0.25) is 4.98 Å². The lowest BCUT2D eigenvalue weighted by Crippen LogP contribution is -2.14. The van der Waals surface area contributed by atoms with E-state index in [4.69, 9.17) is 4.74 Å². The highest BCUT2D eigenvalue weighted by atomic mass is 16.5. The van der Waals surface area contributed by atoms with Crippen molar-refractivity contribution in [3.05, 3.63) is 29.6 Å². The van der Waals surface area contributed by atoms with Crippen LogP contribution in [0.15, 0.2) is 18.2 Å². The summed E-state index contributed by atoms with van der Waals surface area (Å²) in [6.07, 6.45) is 6.69. The molecule has 0 aliphatic carbocycles. The van der Waals surface area contributed by atoms with Crippen molar-refractivity contribution in [1.82, 2.24) is 10.3 Å². The normalized spacial score (nSPS) is 12.6. The van der Waals surface area contributed by atoms with Crippen LogP contribution in [-0.2, 0) is 17.9 Å². The summed E-state index contributed by atoms with van der Waals surface area (Å²) >= 11 is 0. The smallest absolute Gasteiger partial charge is 0.0891 e. The van der Waals surface area contributed by atoms with Gasteiger partial charge in [0.15, 0.2) is 0 Å². The molecule has 1 aromatic heterocycles. The Morgan fingerprint density at radius 3 is 2.70 bits per heavy atom. The number of hydrogen-bond acceptors (Lipinski definition) is 3. The first-order valence-corrected chi connectivity index (χ1v) is 8.03. The highest BCUT2D eigenvalue weighted by molar-refractivity contribution is 5.10. The van der Waals surface area contributed by atoms with E-state index in [-0.39, 0.29) is 0 Å². The second-order valence-corrected chi connectivity index (χ2v) is 5.37. The summed E-state index contributed by atoms with van der Waals surface area (Å²) in [5, 5.41) is 3.29. The highest BCUT2D eigenvalue weighted by Crippen LogP contribution is 2.10. The summed E-state index contributed by atoms with van der Waals surface area (Å²) in [5.41, 5.74) is 2.12. The first-order valence-electron chi connectivity index (χ1n) is 8.03. The Hall–Kier alpha value is -0.930. The summed E-state index contributed by atoms with van der Waals surface area (Å²) in [6.45, 7) is 8.93. The van der Waals surface area contributed by atoms with Crippen molar-refractivity contribution in [2.45, 2.75) is 72.1 Å². The van der Waals surface area contributed by atoms with E-state index >= 15 is 0 Å². The van der Waals surface area contributed by atoms with E-state index in [1.165, 1.54) is 25.7 Å². The Morgan fingerprint density at radius 1 is 1.15 bits per heavy atom. The van der Waals surface area contributed by atoms with E-state index in [9.17, 15) is 0 Å². The van der Waals surface area contributed by atoms with Crippen LogP contribution < -0.4 is 5.32 Å². The fraction of sp³-hybridized carbons (Fsp3) is 0.706. The van der Waals surface area contributed by atoms with Crippen LogP contribution in [0.5, 0.6) is 0 Å². The summed E-state index contributed by atoms with van der Waals surface area (Å²) in [7, 11) is 0. The van der Waals surface area contributed by atoms with Gasteiger partial charge in [-0.25, -0.2) is 0 Å². The maximum atomic E-state index is 5.88. The molecule has 3 heteroatoms. The van der Waals surface area contributed by atoms with Gasteiger partial charge in [0, 0.05) is 6.54 Å². The van der Waals surface area contributed by atoms with Gasteiger partial charge in [-0.1, -0.05) is 45.6 Å². The van der Waals surface area contributed by atoms with Gasteiger partial charge in [-0.05, 0) is 32.0 Å². The molecule has 3 nitrogen and oxygen atoms in total. The van der Waals surface area contributed by atoms with Crippen LogP contribution in [0.2, 0.25) is 0 Å². The third-order valence-corrected chi connectivity index (χ3v) is 3.40. The number of unbranched alkanes of at least 4 members (excludes halogenated alkanes) is 3. The van der Waals surface area contributed by atoms with E-state index in [1.54, 1.807) is 0 Å². The van der Waals surface area contributed by atoms with Crippen molar-refractivity contribution in [3.8, 4) is 0 Å². The van der Waals surface area contributed by atoms with E-state index in [0.717, 1.165) is 30.9 Å². The number of nitrogens with one attached hydrogen (secondary N) is 1. The van der Waals surface area contributed by atoms with Gasteiger partial charge in [0.1, 0.15) is 0 Å². The minimum Gasteiger partial charge on any atom is -0.372 e. The molecule has 0 saturated carbocycles. The number of hydrogen-bond donors (Lipinski definition) is 1. The summed E-state index contributed by atoms with van der Waals surface area (Å²) in [5.74, 6) is 0. The predicted octanol–water partition coefficient (Wildman–Crippen LogP) is 4.07. The average Bonchev–Trinajstić information content (AvgIpc) is 2.48. The van der Waals surface area contributed by atoms with Crippen molar-refractivity contribution in [2.75, 3.05) is 6.54 Å². The Labute approximate surface area is 124 Å². The predicted molar refractivity (Wildman–Crippen MR) is 84.6 cm³/mol. The number of aromatic nitrogens is 1. The summed E-state index contributed by atoms with van der Waals surface area (Å²) in [4.78, 5) is 4.60. The zero-order valence-corrected chi connectivity index (χ0v) is 13.3. The molecule has 20 heavy (non-hydrogen) atoms. The zero-order chi connectivity index (χ0) is 14.6. The fourth-order valence-electron chi connectivity index (χ4n) is 2.13. The summed E-state index contributed by atoms with van der Waals surface area (Å²) < 4.78 is 5.88. The minimum atomic E-state index is 0.325. The van der Waals surface area contributed by atoms with Crippen LogP contribution >= 0.6 is 0 Å². The van der Waals surface area contributed by atoms with Gasteiger partial charge < -0.3 is 10.1 Å². The minimum absolute atomic E-state index is 0.325. The quantitative estimate of drug-likeness (QED) is 0.620. The molecule has 1 heterocycles. The molecule has 0 aliphatic heterocycles. The van der Waals surface area contributed by atoms with Crippen LogP contribution in [0.3, 0.4) is 0 Å². The first kappa shape index (κ1) is 17.1.